The molecule has 0 bridgehead atoms. The van der Waals surface area contributed by atoms with E-state index in [-0.39, 0.29) is 18.5 Å². The van der Waals surface area contributed by atoms with E-state index in [0.717, 1.165) is 11.1 Å². The summed E-state index contributed by atoms with van der Waals surface area (Å²) in [7, 11) is 3.16. The summed E-state index contributed by atoms with van der Waals surface area (Å²) < 4.78 is 15.7. The molecule has 2 aromatic rings. The van der Waals surface area contributed by atoms with Crippen molar-refractivity contribution in [1.29, 1.82) is 0 Å². The third kappa shape index (κ3) is 5.01. The number of benzene rings is 2. The summed E-state index contributed by atoms with van der Waals surface area (Å²) in [5.74, 6) is 0.602. The van der Waals surface area contributed by atoms with Gasteiger partial charge in [-0.15, -0.1) is 0 Å². The summed E-state index contributed by atoms with van der Waals surface area (Å²) in [6.07, 6.45) is 2.05. The van der Waals surface area contributed by atoms with Crippen LogP contribution in [-0.4, -0.2) is 39.2 Å². The predicted octanol–water partition coefficient (Wildman–Crippen LogP) is 3.29. The highest BCUT2D eigenvalue weighted by Crippen LogP contribution is 2.49. The van der Waals surface area contributed by atoms with Gasteiger partial charge in [0.2, 0.25) is 0 Å². The molecular weight excluding hydrogens is 394 g/mol. The van der Waals surface area contributed by atoms with Gasteiger partial charge < -0.3 is 19.5 Å². The molecule has 0 aliphatic heterocycles. The number of ether oxygens (including phenoxy) is 3. The minimum absolute atomic E-state index is 0.292. The molecule has 1 fully saturated rings. The average Bonchev–Trinajstić information content (AvgIpc) is 3.54. The predicted molar refractivity (Wildman–Crippen MR) is 110 cm³/mol. The van der Waals surface area contributed by atoms with Crippen molar-refractivity contribution in [3.05, 3.63) is 58.6 Å². The molecule has 0 radical (unpaired) electrons. The van der Waals surface area contributed by atoms with Crippen LogP contribution < -0.4 is 14.8 Å². The number of hydrogen-bond donors (Lipinski definition) is 1. The maximum Gasteiger partial charge on any atom is 0.317 e. The van der Waals surface area contributed by atoms with E-state index in [1.54, 1.807) is 26.4 Å². The van der Waals surface area contributed by atoms with Gasteiger partial charge in [0.05, 0.1) is 19.6 Å². The van der Waals surface area contributed by atoms with Gasteiger partial charge in [0.25, 0.3) is 5.91 Å². The molecule has 7 heteroatoms. The van der Waals surface area contributed by atoms with E-state index < -0.39 is 5.41 Å². The fraction of sp³-hybridized carbons (Fsp3) is 0.364. The first-order valence-electron chi connectivity index (χ1n) is 9.39. The van der Waals surface area contributed by atoms with Gasteiger partial charge in [-0.3, -0.25) is 9.59 Å². The molecule has 1 N–H and O–H groups in total. The van der Waals surface area contributed by atoms with Gasteiger partial charge in [-0.1, -0.05) is 29.8 Å². The zero-order valence-corrected chi connectivity index (χ0v) is 17.3. The number of rotatable bonds is 9. The van der Waals surface area contributed by atoms with Gasteiger partial charge in [-0.2, -0.15) is 0 Å². The Labute approximate surface area is 175 Å². The minimum Gasteiger partial charge on any atom is -0.493 e. The Bertz CT molecular complexity index is 877. The van der Waals surface area contributed by atoms with Gasteiger partial charge in [0.15, 0.2) is 18.1 Å². The van der Waals surface area contributed by atoms with Crippen LogP contribution in [-0.2, 0) is 26.2 Å². The van der Waals surface area contributed by atoms with Crippen molar-refractivity contribution in [3.8, 4) is 11.5 Å². The number of amides is 1. The zero-order chi connectivity index (χ0) is 20.9. The van der Waals surface area contributed by atoms with Gasteiger partial charge in [0.1, 0.15) is 0 Å². The number of nitrogens with one attached hydrogen (secondary N) is 1. The van der Waals surface area contributed by atoms with Crippen LogP contribution in [0.4, 0.5) is 0 Å². The van der Waals surface area contributed by atoms with Crippen molar-refractivity contribution in [3.63, 3.8) is 0 Å². The van der Waals surface area contributed by atoms with E-state index in [1.165, 1.54) is 0 Å². The van der Waals surface area contributed by atoms with Gasteiger partial charge in [-0.25, -0.2) is 0 Å². The van der Waals surface area contributed by atoms with Crippen LogP contribution >= 0.6 is 11.6 Å². The van der Waals surface area contributed by atoms with Crippen LogP contribution in [0.5, 0.6) is 11.5 Å². The van der Waals surface area contributed by atoms with Crippen molar-refractivity contribution in [2.45, 2.75) is 24.7 Å². The van der Waals surface area contributed by atoms with E-state index in [4.69, 9.17) is 25.8 Å². The molecule has 0 aromatic heterocycles. The highest BCUT2D eigenvalue weighted by atomic mass is 35.5. The second kappa shape index (κ2) is 9.18. The van der Waals surface area contributed by atoms with Crippen molar-refractivity contribution in [2.75, 3.05) is 27.4 Å². The maximum atomic E-state index is 12.5. The Morgan fingerprint density at radius 1 is 1.03 bits per heavy atom. The Morgan fingerprint density at radius 2 is 1.72 bits per heavy atom. The van der Waals surface area contributed by atoms with E-state index in [0.29, 0.717) is 42.3 Å². The monoisotopic (exact) mass is 417 g/mol. The van der Waals surface area contributed by atoms with Crippen molar-refractivity contribution in [1.82, 2.24) is 5.32 Å². The molecule has 29 heavy (non-hydrogen) atoms. The van der Waals surface area contributed by atoms with Gasteiger partial charge in [0, 0.05) is 11.6 Å². The fourth-order valence-electron chi connectivity index (χ4n) is 3.21. The zero-order valence-electron chi connectivity index (χ0n) is 16.5. The van der Waals surface area contributed by atoms with Crippen LogP contribution in [0.25, 0.3) is 0 Å². The number of carbonyl (C=O) groups excluding carboxylic acids is 2. The number of carbonyl (C=O) groups is 2. The van der Waals surface area contributed by atoms with Crippen molar-refractivity contribution in [2.24, 2.45) is 0 Å². The normalized spacial score (nSPS) is 14.0. The number of hydrogen-bond acceptors (Lipinski definition) is 5. The molecule has 0 unspecified atom stereocenters. The lowest BCUT2D eigenvalue weighted by Crippen LogP contribution is -2.33. The van der Waals surface area contributed by atoms with Gasteiger partial charge in [-0.05, 0) is 54.7 Å². The smallest absolute Gasteiger partial charge is 0.317 e. The second-order valence-corrected chi connectivity index (χ2v) is 7.39. The van der Waals surface area contributed by atoms with Crippen LogP contribution in [0.2, 0.25) is 5.02 Å². The molecule has 1 saturated carbocycles. The van der Waals surface area contributed by atoms with E-state index in [9.17, 15) is 9.59 Å². The highest BCUT2D eigenvalue weighted by molar-refractivity contribution is 6.30. The molecule has 154 valence electrons. The van der Waals surface area contributed by atoms with Crippen molar-refractivity contribution >= 4 is 23.5 Å². The Kier molecular flexibility index (Phi) is 6.64. The quantitative estimate of drug-likeness (QED) is 0.634. The number of halogens is 1. The summed E-state index contributed by atoms with van der Waals surface area (Å²) in [6, 6.07) is 12.8. The summed E-state index contributed by atoms with van der Waals surface area (Å²) in [5, 5.41) is 3.38. The maximum absolute atomic E-state index is 12.5. The lowest BCUT2D eigenvalue weighted by atomic mass is 9.96. The fourth-order valence-corrected chi connectivity index (χ4v) is 3.33. The largest absolute Gasteiger partial charge is 0.493 e. The summed E-state index contributed by atoms with van der Waals surface area (Å²) in [4.78, 5) is 24.5. The van der Waals surface area contributed by atoms with Crippen LogP contribution in [0.15, 0.2) is 42.5 Å². The molecule has 1 aliphatic rings. The van der Waals surface area contributed by atoms with Crippen molar-refractivity contribution < 1.29 is 23.8 Å². The number of esters is 1. The van der Waals surface area contributed by atoms with E-state index in [1.807, 2.05) is 30.3 Å². The molecule has 1 amide bonds. The van der Waals surface area contributed by atoms with E-state index >= 15 is 0 Å². The standard InChI is InChI=1S/C22H24ClNO5/c1-27-18-8-3-15(13-19(18)28-2)9-12-24-20(25)14-29-21(26)22(10-11-22)16-4-6-17(23)7-5-16/h3-8,13H,9-12,14H2,1-2H3,(H,24,25). The van der Waals surface area contributed by atoms with E-state index in [2.05, 4.69) is 5.32 Å². The topological polar surface area (TPSA) is 73.9 Å². The molecule has 2 aromatic carbocycles. The Morgan fingerprint density at radius 3 is 2.34 bits per heavy atom. The number of methoxy groups -OCH3 is 2. The van der Waals surface area contributed by atoms with Crippen LogP contribution in [0, 0.1) is 0 Å². The first-order valence-corrected chi connectivity index (χ1v) is 9.77. The Hall–Kier alpha value is -2.73. The average molecular weight is 418 g/mol. The summed E-state index contributed by atoms with van der Waals surface area (Å²) in [5.41, 5.74) is 1.24. The molecule has 0 spiro atoms. The highest BCUT2D eigenvalue weighted by Gasteiger charge is 2.52. The minimum atomic E-state index is -0.634. The molecule has 3 rings (SSSR count). The molecule has 6 nitrogen and oxygen atoms in total. The summed E-state index contributed by atoms with van der Waals surface area (Å²) >= 11 is 5.91. The molecule has 0 atom stereocenters. The molecule has 0 heterocycles. The summed E-state index contributed by atoms with van der Waals surface area (Å²) in [6.45, 7) is 0.133. The second-order valence-electron chi connectivity index (χ2n) is 6.95. The Balaban J connectivity index is 1.44. The lowest BCUT2D eigenvalue weighted by Gasteiger charge is -2.15. The first kappa shape index (κ1) is 21.0. The van der Waals surface area contributed by atoms with Crippen LogP contribution in [0.3, 0.4) is 0 Å². The lowest BCUT2D eigenvalue weighted by molar-refractivity contribution is -0.151. The van der Waals surface area contributed by atoms with Gasteiger partial charge >= 0.3 is 5.97 Å². The molecule has 0 saturated heterocycles. The third-order valence-electron chi connectivity index (χ3n) is 5.06. The first-order chi connectivity index (χ1) is 14.0. The third-order valence-corrected chi connectivity index (χ3v) is 5.31. The SMILES string of the molecule is COc1ccc(CCNC(=O)COC(=O)C2(c3ccc(Cl)cc3)CC2)cc1OC. The molecule has 1 aliphatic carbocycles. The van der Waals surface area contributed by atoms with Crippen LogP contribution in [0.1, 0.15) is 24.0 Å². The molecular formula is C22H24ClNO5.